The molecule has 0 bridgehead atoms. The van der Waals surface area contributed by atoms with E-state index in [9.17, 15) is 24.3 Å². The topological polar surface area (TPSA) is 182 Å². The lowest BCUT2D eigenvalue weighted by molar-refractivity contribution is -0.142. The smallest absolute Gasteiger partial charge is 0.326 e. The maximum atomic E-state index is 13.7. The van der Waals surface area contributed by atoms with Gasteiger partial charge in [-0.05, 0) is 29.2 Å². The van der Waals surface area contributed by atoms with Gasteiger partial charge in [0.05, 0.1) is 6.04 Å². The van der Waals surface area contributed by atoms with E-state index in [4.69, 9.17) is 5.73 Å². The number of thiol groups is 1. The SMILES string of the molecule is CCC(C)C(NC(=O)C(Cc1c[nH]c2ccccc12)NC(=O)C(N)CS)C(=O)NC(Cc1c[nH]c2ccccc12)C(=O)O. The molecule has 2 aromatic heterocycles. The third-order valence-corrected chi connectivity index (χ3v) is 8.17. The lowest BCUT2D eigenvalue weighted by Crippen LogP contribution is -2.59. The van der Waals surface area contributed by atoms with Gasteiger partial charge >= 0.3 is 5.97 Å². The zero-order chi connectivity index (χ0) is 31.1. The Morgan fingerprint density at radius 3 is 1.84 bits per heavy atom. The predicted molar refractivity (Wildman–Crippen MR) is 169 cm³/mol. The first-order valence-electron chi connectivity index (χ1n) is 14.2. The minimum Gasteiger partial charge on any atom is -0.480 e. The van der Waals surface area contributed by atoms with Crippen LogP contribution in [0.15, 0.2) is 60.9 Å². The Labute approximate surface area is 254 Å². The Morgan fingerprint density at radius 2 is 1.33 bits per heavy atom. The number of carboxylic acids is 1. The number of fused-ring (bicyclic) bond motifs is 2. The maximum absolute atomic E-state index is 13.7. The van der Waals surface area contributed by atoms with Crippen molar-refractivity contribution in [1.29, 1.82) is 0 Å². The number of hydrogen-bond acceptors (Lipinski definition) is 6. The number of benzene rings is 2. The Morgan fingerprint density at radius 1 is 0.814 bits per heavy atom. The molecular weight excluding hydrogens is 568 g/mol. The number of carbonyl (C=O) groups is 4. The number of hydrogen-bond donors (Lipinski definition) is 8. The third-order valence-electron chi connectivity index (χ3n) is 7.77. The summed E-state index contributed by atoms with van der Waals surface area (Å²) in [6.45, 7) is 3.67. The van der Waals surface area contributed by atoms with E-state index >= 15 is 0 Å². The number of H-pyrrole nitrogens is 2. The van der Waals surface area contributed by atoms with Gasteiger partial charge in [-0.15, -0.1) is 0 Å². The first-order chi connectivity index (χ1) is 20.6. The van der Waals surface area contributed by atoms with Crippen LogP contribution in [0, 0.1) is 5.92 Å². The van der Waals surface area contributed by atoms with Gasteiger partial charge in [-0.3, -0.25) is 14.4 Å². The molecule has 0 radical (unpaired) electrons. The van der Waals surface area contributed by atoms with Crippen molar-refractivity contribution in [2.45, 2.75) is 57.3 Å². The molecule has 2 heterocycles. The average Bonchev–Trinajstić information content (AvgIpc) is 3.62. The van der Waals surface area contributed by atoms with Crippen molar-refractivity contribution in [3.8, 4) is 0 Å². The number of aliphatic carboxylic acids is 1. The van der Waals surface area contributed by atoms with Gasteiger partial charge in [-0.1, -0.05) is 56.7 Å². The number of aromatic nitrogens is 2. The Bertz CT molecular complexity index is 1600. The minimum atomic E-state index is -1.23. The summed E-state index contributed by atoms with van der Waals surface area (Å²) in [5, 5.41) is 19.8. The number of rotatable bonds is 14. The van der Waals surface area contributed by atoms with Crippen LogP contribution in [0.3, 0.4) is 0 Å². The maximum Gasteiger partial charge on any atom is 0.326 e. The second-order valence-electron chi connectivity index (χ2n) is 10.7. The predicted octanol–water partition coefficient (Wildman–Crippen LogP) is 2.28. The molecule has 3 amide bonds. The second kappa shape index (κ2) is 14.3. The number of carboxylic acid groups (broad SMARTS) is 1. The molecule has 0 spiro atoms. The zero-order valence-electron chi connectivity index (χ0n) is 24.1. The number of amides is 3. The highest BCUT2D eigenvalue weighted by atomic mass is 32.1. The molecule has 43 heavy (non-hydrogen) atoms. The molecule has 0 saturated heterocycles. The van der Waals surface area contributed by atoms with Gasteiger partial charge in [0.2, 0.25) is 17.7 Å². The summed E-state index contributed by atoms with van der Waals surface area (Å²) in [5.41, 5.74) is 9.15. The van der Waals surface area contributed by atoms with Crippen LogP contribution in [-0.4, -0.2) is 68.7 Å². The van der Waals surface area contributed by atoms with Crippen molar-refractivity contribution in [2.24, 2.45) is 11.7 Å². The fourth-order valence-corrected chi connectivity index (χ4v) is 5.19. The fraction of sp³-hybridized carbons (Fsp3) is 0.355. The summed E-state index contributed by atoms with van der Waals surface area (Å²) in [6.07, 6.45) is 4.22. The lowest BCUT2D eigenvalue weighted by Gasteiger charge is -2.28. The number of carbonyl (C=O) groups excluding carboxylic acids is 3. The molecule has 4 aromatic rings. The van der Waals surface area contributed by atoms with Crippen LogP contribution in [0.1, 0.15) is 31.4 Å². The van der Waals surface area contributed by atoms with E-state index in [1.807, 2.05) is 55.5 Å². The van der Waals surface area contributed by atoms with Crippen LogP contribution in [-0.2, 0) is 32.0 Å². The van der Waals surface area contributed by atoms with E-state index in [1.165, 1.54) is 0 Å². The van der Waals surface area contributed by atoms with E-state index in [2.05, 4.69) is 38.5 Å². The average molecular weight is 607 g/mol. The molecular formula is C31H38N6O5S. The summed E-state index contributed by atoms with van der Waals surface area (Å²) in [6, 6.07) is 10.8. The van der Waals surface area contributed by atoms with E-state index in [1.54, 1.807) is 19.3 Å². The van der Waals surface area contributed by atoms with Gasteiger partial charge in [0, 0.05) is 52.8 Å². The third kappa shape index (κ3) is 7.57. The molecule has 5 atom stereocenters. The summed E-state index contributed by atoms with van der Waals surface area (Å²) < 4.78 is 0. The van der Waals surface area contributed by atoms with Crippen LogP contribution in [0.2, 0.25) is 0 Å². The summed E-state index contributed by atoms with van der Waals surface area (Å²) in [4.78, 5) is 58.5. The molecule has 0 fully saturated rings. The molecule has 8 N–H and O–H groups in total. The van der Waals surface area contributed by atoms with E-state index in [0.717, 1.165) is 32.9 Å². The Balaban J connectivity index is 1.54. The highest BCUT2D eigenvalue weighted by Gasteiger charge is 2.33. The van der Waals surface area contributed by atoms with Crippen LogP contribution in [0.4, 0.5) is 0 Å². The van der Waals surface area contributed by atoms with Crippen molar-refractivity contribution in [1.82, 2.24) is 25.9 Å². The number of aromatic amines is 2. The quantitative estimate of drug-likeness (QED) is 0.102. The van der Waals surface area contributed by atoms with Gasteiger partial charge in [0.1, 0.15) is 18.1 Å². The van der Waals surface area contributed by atoms with Gasteiger partial charge < -0.3 is 36.8 Å². The molecule has 11 nitrogen and oxygen atoms in total. The molecule has 2 aromatic carbocycles. The molecule has 0 saturated carbocycles. The number of para-hydroxylation sites is 2. The summed E-state index contributed by atoms with van der Waals surface area (Å²) >= 11 is 4.09. The molecule has 228 valence electrons. The molecule has 0 aliphatic rings. The monoisotopic (exact) mass is 606 g/mol. The molecule has 0 aliphatic carbocycles. The van der Waals surface area contributed by atoms with Crippen LogP contribution in [0.25, 0.3) is 21.8 Å². The summed E-state index contributed by atoms with van der Waals surface area (Å²) in [5.74, 6) is -3.22. The van der Waals surface area contributed by atoms with Crippen molar-refractivity contribution in [3.63, 3.8) is 0 Å². The van der Waals surface area contributed by atoms with Gasteiger partial charge in [0.25, 0.3) is 0 Å². The van der Waals surface area contributed by atoms with E-state index < -0.39 is 47.9 Å². The largest absolute Gasteiger partial charge is 0.480 e. The first-order valence-corrected chi connectivity index (χ1v) is 14.9. The Kier molecular flexibility index (Phi) is 10.5. The van der Waals surface area contributed by atoms with E-state index in [0.29, 0.717) is 6.42 Å². The first kappa shape index (κ1) is 31.6. The van der Waals surface area contributed by atoms with E-state index in [-0.39, 0.29) is 24.5 Å². The standard InChI is InChI=1S/C31H38N6O5S/c1-3-17(2)27(30(40)36-26(31(41)42)13-19-15-34-24-11-7-5-9-21(19)24)37-29(39)25(35-28(38)22(32)16-43)12-18-14-33-23-10-6-4-8-20(18)23/h4-11,14-15,17,22,25-27,33-34,43H,3,12-13,16,32H2,1-2H3,(H,35,38)(H,36,40)(H,37,39)(H,41,42). The molecule has 5 unspecified atom stereocenters. The molecule has 4 rings (SSSR count). The fourth-order valence-electron chi connectivity index (χ4n) is 5.03. The van der Waals surface area contributed by atoms with Crippen molar-refractivity contribution >= 4 is 58.1 Å². The number of nitrogens with one attached hydrogen (secondary N) is 5. The van der Waals surface area contributed by atoms with Crippen molar-refractivity contribution < 1.29 is 24.3 Å². The zero-order valence-corrected chi connectivity index (χ0v) is 25.0. The van der Waals surface area contributed by atoms with Crippen LogP contribution in [0.5, 0.6) is 0 Å². The van der Waals surface area contributed by atoms with Crippen LogP contribution < -0.4 is 21.7 Å². The van der Waals surface area contributed by atoms with Gasteiger partial charge in [-0.25, -0.2) is 4.79 Å². The second-order valence-corrected chi connectivity index (χ2v) is 11.1. The summed E-state index contributed by atoms with van der Waals surface area (Å²) in [7, 11) is 0. The highest BCUT2D eigenvalue weighted by Crippen LogP contribution is 2.21. The van der Waals surface area contributed by atoms with Crippen LogP contribution >= 0.6 is 12.6 Å². The lowest BCUT2D eigenvalue weighted by atomic mass is 9.96. The van der Waals surface area contributed by atoms with Crippen molar-refractivity contribution in [2.75, 3.05) is 5.75 Å². The molecule has 0 aliphatic heterocycles. The highest BCUT2D eigenvalue weighted by molar-refractivity contribution is 7.80. The van der Waals surface area contributed by atoms with Gasteiger partial charge in [-0.2, -0.15) is 12.6 Å². The minimum absolute atomic E-state index is 0.0487. The normalized spacial score (nSPS) is 14.9. The number of nitrogens with two attached hydrogens (primary N) is 1. The Hall–Kier alpha value is -4.29. The van der Waals surface area contributed by atoms with Crippen molar-refractivity contribution in [3.05, 3.63) is 72.1 Å². The molecule has 12 heteroatoms. The van der Waals surface area contributed by atoms with Gasteiger partial charge in [0.15, 0.2) is 0 Å².